The van der Waals surface area contributed by atoms with Gasteiger partial charge >= 0.3 is 6.03 Å². The highest BCUT2D eigenvalue weighted by Crippen LogP contribution is 2.30. The molecule has 20 heavy (non-hydrogen) atoms. The Labute approximate surface area is 117 Å². The minimum absolute atomic E-state index is 0.0932. The van der Waals surface area contributed by atoms with Crippen LogP contribution in [0.2, 0.25) is 0 Å². The van der Waals surface area contributed by atoms with Gasteiger partial charge in [0.1, 0.15) is 0 Å². The number of aryl methyl sites for hydroxylation is 1. The van der Waals surface area contributed by atoms with Crippen molar-refractivity contribution in [2.75, 3.05) is 11.9 Å². The first-order valence-electron chi connectivity index (χ1n) is 7.05. The summed E-state index contributed by atoms with van der Waals surface area (Å²) in [6.07, 6.45) is 5.98. The zero-order chi connectivity index (χ0) is 14.1. The van der Waals surface area contributed by atoms with Crippen molar-refractivity contribution in [1.82, 2.24) is 20.0 Å². The smallest absolute Gasteiger partial charge is 0.319 e. The number of hydrogen-bond acceptors (Lipinski definition) is 3. The largest absolute Gasteiger partial charge is 0.338 e. The van der Waals surface area contributed by atoms with Crippen LogP contribution in [0.3, 0.4) is 0 Å². The molecule has 1 aliphatic carbocycles. The number of nitrogens with one attached hydrogen (secondary N) is 2. The Balaban J connectivity index is 1.50. The van der Waals surface area contributed by atoms with E-state index in [1.807, 2.05) is 11.8 Å². The lowest BCUT2D eigenvalue weighted by Gasteiger charge is -2.16. The summed E-state index contributed by atoms with van der Waals surface area (Å²) in [6.45, 7) is 3.37. The number of aromatic nitrogens is 2. The average Bonchev–Trinajstić information content (AvgIpc) is 3.05. The molecule has 2 heterocycles. The molecule has 7 nitrogen and oxygen atoms in total. The molecule has 3 rings (SSSR count). The summed E-state index contributed by atoms with van der Waals surface area (Å²) >= 11 is 0. The van der Waals surface area contributed by atoms with E-state index in [0.717, 1.165) is 19.4 Å². The van der Waals surface area contributed by atoms with E-state index in [2.05, 4.69) is 15.7 Å². The van der Waals surface area contributed by atoms with Gasteiger partial charge in [-0.1, -0.05) is 0 Å². The summed E-state index contributed by atoms with van der Waals surface area (Å²) in [5.41, 5.74) is 0.660. The normalized spacial score (nSPS) is 22.1. The van der Waals surface area contributed by atoms with Crippen molar-refractivity contribution < 1.29 is 9.59 Å². The molecular formula is C13H19N5O2. The molecule has 3 amide bonds. The monoisotopic (exact) mass is 277 g/mol. The van der Waals surface area contributed by atoms with Crippen molar-refractivity contribution in [3.8, 4) is 0 Å². The van der Waals surface area contributed by atoms with Crippen LogP contribution in [0.15, 0.2) is 12.4 Å². The maximum Gasteiger partial charge on any atom is 0.319 e. The molecule has 2 fully saturated rings. The number of carbonyl (C=O) groups excluding carboxylic acids is 2. The van der Waals surface area contributed by atoms with Gasteiger partial charge in [0.05, 0.1) is 17.9 Å². The zero-order valence-electron chi connectivity index (χ0n) is 11.5. The van der Waals surface area contributed by atoms with Gasteiger partial charge in [-0.05, 0) is 19.8 Å². The summed E-state index contributed by atoms with van der Waals surface area (Å²) < 4.78 is 1.74. The number of rotatable bonds is 4. The highest BCUT2D eigenvalue weighted by atomic mass is 16.2. The summed E-state index contributed by atoms with van der Waals surface area (Å²) in [5.74, 6) is 0.150. The Hall–Kier alpha value is -2.05. The van der Waals surface area contributed by atoms with E-state index in [0.29, 0.717) is 24.7 Å². The van der Waals surface area contributed by atoms with Gasteiger partial charge in [0.15, 0.2) is 0 Å². The third-order valence-corrected chi connectivity index (χ3v) is 3.70. The second kappa shape index (κ2) is 5.15. The van der Waals surface area contributed by atoms with E-state index >= 15 is 0 Å². The van der Waals surface area contributed by atoms with Crippen LogP contribution in [-0.2, 0) is 11.3 Å². The van der Waals surface area contributed by atoms with Crippen LogP contribution in [0, 0.1) is 0 Å². The molecule has 2 aliphatic rings. The molecular weight excluding hydrogens is 258 g/mol. The van der Waals surface area contributed by atoms with Crippen LogP contribution >= 0.6 is 0 Å². The molecule has 7 heteroatoms. The molecule has 108 valence electrons. The first kappa shape index (κ1) is 13.0. The number of amides is 3. The fraction of sp³-hybridized carbons (Fsp3) is 0.615. The van der Waals surface area contributed by atoms with Crippen molar-refractivity contribution in [1.29, 1.82) is 0 Å². The maximum absolute atomic E-state index is 11.9. The van der Waals surface area contributed by atoms with Crippen molar-refractivity contribution in [2.24, 2.45) is 0 Å². The maximum atomic E-state index is 11.9. The molecule has 2 N–H and O–H groups in total. The Morgan fingerprint density at radius 2 is 2.30 bits per heavy atom. The lowest BCUT2D eigenvalue weighted by molar-refractivity contribution is -0.128. The molecule has 1 saturated carbocycles. The fourth-order valence-corrected chi connectivity index (χ4v) is 2.52. The first-order valence-corrected chi connectivity index (χ1v) is 7.05. The highest BCUT2D eigenvalue weighted by Gasteiger charge is 2.39. The highest BCUT2D eigenvalue weighted by molar-refractivity contribution is 5.90. The molecule has 0 spiro atoms. The molecule has 0 bridgehead atoms. The van der Waals surface area contributed by atoms with Gasteiger partial charge in [-0.3, -0.25) is 9.48 Å². The van der Waals surface area contributed by atoms with E-state index in [9.17, 15) is 9.59 Å². The number of nitrogens with zero attached hydrogens (tertiary/aromatic N) is 3. The Morgan fingerprint density at radius 3 is 2.95 bits per heavy atom. The standard InChI is InChI=1S/C13H19N5O2/c1-2-17-7-10(6-14-17)16-13(20)15-9-5-12(19)18(8-9)11-3-4-11/h6-7,9,11H,2-5,8H2,1H3,(H2,15,16,20)/t9-/m0/s1. The topological polar surface area (TPSA) is 79.3 Å². The van der Waals surface area contributed by atoms with E-state index in [4.69, 9.17) is 0 Å². The van der Waals surface area contributed by atoms with E-state index in [1.165, 1.54) is 0 Å². The van der Waals surface area contributed by atoms with Gasteiger partial charge in [0, 0.05) is 31.7 Å². The second-order valence-electron chi connectivity index (χ2n) is 5.36. The number of likely N-dealkylation sites (tertiary alicyclic amines) is 1. The molecule has 1 aromatic rings. The SMILES string of the molecule is CCn1cc(NC(=O)N[C@H]2CC(=O)N(C3CC3)C2)cn1. The Bertz CT molecular complexity index is 523. The Morgan fingerprint density at radius 1 is 1.50 bits per heavy atom. The molecule has 1 aromatic heterocycles. The fourth-order valence-electron chi connectivity index (χ4n) is 2.52. The quantitative estimate of drug-likeness (QED) is 0.854. The lowest BCUT2D eigenvalue weighted by Crippen LogP contribution is -2.40. The first-order chi connectivity index (χ1) is 9.65. The van der Waals surface area contributed by atoms with Gasteiger partial charge < -0.3 is 15.5 Å². The van der Waals surface area contributed by atoms with Crippen LogP contribution in [0.4, 0.5) is 10.5 Å². The predicted octanol–water partition coefficient (Wildman–Crippen LogP) is 0.788. The van der Waals surface area contributed by atoms with E-state index in [-0.39, 0.29) is 18.0 Å². The molecule has 0 aromatic carbocycles. The van der Waals surface area contributed by atoms with Crippen molar-refractivity contribution in [3.05, 3.63) is 12.4 Å². The van der Waals surface area contributed by atoms with Gasteiger partial charge in [0.25, 0.3) is 0 Å². The summed E-state index contributed by atoms with van der Waals surface area (Å²) in [6, 6.07) is 0.0422. The predicted molar refractivity (Wildman–Crippen MR) is 73.2 cm³/mol. The third-order valence-electron chi connectivity index (χ3n) is 3.70. The van der Waals surface area contributed by atoms with Crippen LogP contribution in [0.25, 0.3) is 0 Å². The second-order valence-corrected chi connectivity index (χ2v) is 5.36. The summed E-state index contributed by atoms with van der Waals surface area (Å²) in [7, 11) is 0. The van der Waals surface area contributed by atoms with E-state index in [1.54, 1.807) is 17.1 Å². The minimum Gasteiger partial charge on any atom is -0.338 e. The number of hydrogen-bond donors (Lipinski definition) is 2. The van der Waals surface area contributed by atoms with Crippen molar-refractivity contribution in [2.45, 2.75) is 44.8 Å². The molecule has 1 aliphatic heterocycles. The summed E-state index contributed by atoms with van der Waals surface area (Å²) in [5, 5.41) is 9.67. The lowest BCUT2D eigenvalue weighted by atomic mass is 10.2. The number of urea groups is 1. The minimum atomic E-state index is -0.281. The third kappa shape index (κ3) is 2.76. The van der Waals surface area contributed by atoms with Gasteiger partial charge in [-0.15, -0.1) is 0 Å². The molecule has 0 unspecified atom stereocenters. The van der Waals surface area contributed by atoms with Crippen LogP contribution < -0.4 is 10.6 Å². The molecule has 1 saturated heterocycles. The molecule has 1 atom stereocenters. The zero-order valence-corrected chi connectivity index (χ0v) is 11.5. The van der Waals surface area contributed by atoms with Gasteiger partial charge in [-0.2, -0.15) is 5.10 Å². The van der Waals surface area contributed by atoms with E-state index < -0.39 is 0 Å². The average molecular weight is 277 g/mol. The molecule has 0 radical (unpaired) electrons. The number of anilines is 1. The van der Waals surface area contributed by atoms with Crippen molar-refractivity contribution >= 4 is 17.6 Å². The Kier molecular flexibility index (Phi) is 3.33. The van der Waals surface area contributed by atoms with Crippen LogP contribution in [-0.4, -0.2) is 45.2 Å². The van der Waals surface area contributed by atoms with Crippen LogP contribution in [0.1, 0.15) is 26.2 Å². The van der Waals surface area contributed by atoms with Gasteiger partial charge in [0.2, 0.25) is 5.91 Å². The van der Waals surface area contributed by atoms with Gasteiger partial charge in [-0.25, -0.2) is 4.79 Å². The summed E-state index contributed by atoms with van der Waals surface area (Å²) in [4.78, 5) is 25.6. The number of carbonyl (C=O) groups is 2. The van der Waals surface area contributed by atoms with Crippen molar-refractivity contribution in [3.63, 3.8) is 0 Å². The van der Waals surface area contributed by atoms with Crippen LogP contribution in [0.5, 0.6) is 0 Å².